The Morgan fingerprint density at radius 2 is 1.39 bits per heavy atom. The maximum Gasteiger partial charge on any atom is 0.108 e. The first kappa shape index (κ1) is 12.6. The van der Waals surface area contributed by atoms with E-state index in [1.807, 2.05) is 26.2 Å². The first-order valence-electron chi connectivity index (χ1n) is 5.58. The van der Waals surface area contributed by atoms with Crippen LogP contribution < -0.4 is 4.90 Å². The Labute approximate surface area is 111 Å². The molecule has 0 aliphatic carbocycles. The number of anilines is 1. The lowest BCUT2D eigenvalue weighted by molar-refractivity contribution is 1.13. The predicted octanol–water partition coefficient (Wildman–Crippen LogP) is 4.30. The van der Waals surface area contributed by atoms with Gasteiger partial charge in [-0.2, -0.15) is 0 Å². The molecule has 0 spiro atoms. The van der Waals surface area contributed by atoms with Crippen LogP contribution in [0.3, 0.4) is 0 Å². The zero-order chi connectivity index (χ0) is 13.0. The van der Waals surface area contributed by atoms with Crippen LogP contribution in [0.4, 0.5) is 11.4 Å². The molecule has 0 unspecified atom stereocenters. The monoisotopic (exact) mass is 258 g/mol. The van der Waals surface area contributed by atoms with Crippen LogP contribution in [0.25, 0.3) is 0 Å². The van der Waals surface area contributed by atoms with Crippen molar-refractivity contribution in [1.29, 1.82) is 0 Å². The fraction of sp³-hybridized carbons (Fsp3) is 0.143. The number of hydrogen-bond acceptors (Lipinski definition) is 4. The second kappa shape index (κ2) is 5.69. The Bertz CT molecular complexity index is 520. The third kappa shape index (κ3) is 3.11. The minimum absolute atomic E-state index is 0.460. The van der Waals surface area contributed by atoms with E-state index in [1.165, 1.54) is 10.6 Å². The zero-order valence-electron chi connectivity index (χ0n) is 10.3. The summed E-state index contributed by atoms with van der Waals surface area (Å²) in [5.74, 6) is 0. The quantitative estimate of drug-likeness (QED) is 0.766. The van der Waals surface area contributed by atoms with E-state index in [9.17, 15) is 4.91 Å². The molecule has 2 aromatic rings. The molecular weight excluding hydrogens is 244 g/mol. The normalized spacial score (nSPS) is 10.1. The third-order valence-corrected chi connectivity index (χ3v) is 3.55. The van der Waals surface area contributed by atoms with Crippen LogP contribution in [0.1, 0.15) is 0 Å². The first-order chi connectivity index (χ1) is 8.69. The van der Waals surface area contributed by atoms with Gasteiger partial charge >= 0.3 is 0 Å². The van der Waals surface area contributed by atoms with Gasteiger partial charge in [-0.15, -0.1) is 4.91 Å². The van der Waals surface area contributed by atoms with Crippen LogP contribution in [0, 0.1) is 4.91 Å². The molecule has 0 bridgehead atoms. The van der Waals surface area contributed by atoms with Crippen molar-refractivity contribution < 1.29 is 0 Å². The van der Waals surface area contributed by atoms with Gasteiger partial charge in [0.1, 0.15) is 5.69 Å². The molecule has 0 aromatic heterocycles. The molecule has 0 heterocycles. The van der Waals surface area contributed by atoms with Gasteiger partial charge in [0.05, 0.1) is 0 Å². The Kier molecular flexibility index (Phi) is 3.99. The summed E-state index contributed by atoms with van der Waals surface area (Å²) < 4.78 is 0. The molecule has 0 saturated heterocycles. The van der Waals surface area contributed by atoms with E-state index in [4.69, 9.17) is 0 Å². The van der Waals surface area contributed by atoms with Gasteiger partial charge in [-0.3, -0.25) is 0 Å². The summed E-state index contributed by atoms with van der Waals surface area (Å²) in [4.78, 5) is 14.7. The second-order valence-electron chi connectivity index (χ2n) is 4.08. The third-order valence-electron chi connectivity index (χ3n) is 2.53. The highest BCUT2D eigenvalue weighted by Gasteiger charge is 1.99. The molecular formula is C14H14N2OS. The van der Waals surface area contributed by atoms with Gasteiger partial charge in [-0.1, -0.05) is 11.8 Å². The molecule has 2 rings (SSSR count). The molecule has 4 heteroatoms. The number of nitrogens with zero attached hydrogens (tertiary/aromatic N) is 2. The van der Waals surface area contributed by atoms with Crippen molar-refractivity contribution in [3.63, 3.8) is 0 Å². The molecule has 0 saturated carbocycles. The van der Waals surface area contributed by atoms with Gasteiger partial charge in [0, 0.05) is 29.6 Å². The van der Waals surface area contributed by atoms with Crippen molar-refractivity contribution in [3.8, 4) is 0 Å². The molecule has 0 aliphatic heterocycles. The zero-order valence-corrected chi connectivity index (χ0v) is 11.1. The van der Waals surface area contributed by atoms with E-state index in [-0.39, 0.29) is 0 Å². The SMILES string of the molecule is CN(C)c1ccc(Sc2ccc(N=O)cc2)cc1. The second-order valence-corrected chi connectivity index (χ2v) is 5.22. The summed E-state index contributed by atoms with van der Waals surface area (Å²) in [7, 11) is 4.04. The summed E-state index contributed by atoms with van der Waals surface area (Å²) in [6, 6.07) is 15.6. The number of benzene rings is 2. The van der Waals surface area contributed by atoms with E-state index in [1.54, 1.807) is 23.9 Å². The van der Waals surface area contributed by atoms with E-state index >= 15 is 0 Å². The summed E-state index contributed by atoms with van der Waals surface area (Å²) in [5, 5.41) is 2.88. The van der Waals surface area contributed by atoms with Crippen LogP contribution in [-0.4, -0.2) is 14.1 Å². The van der Waals surface area contributed by atoms with Gasteiger partial charge < -0.3 is 4.90 Å². The van der Waals surface area contributed by atoms with Gasteiger partial charge in [0.15, 0.2) is 0 Å². The van der Waals surface area contributed by atoms with Gasteiger partial charge in [-0.05, 0) is 53.7 Å². The highest BCUT2D eigenvalue weighted by atomic mass is 32.2. The fourth-order valence-corrected chi connectivity index (χ4v) is 2.34. The Morgan fingerprint density at radius 1 is 0.889 bits per heavy atom. The van der Waals surface area contributed by atoms with Crippen LogP contribution >= 0.6 is 11.8 Å². The summed E-state index contributed by atoms with van der Waals surface area (Å²) in [6.07, 6.45) is 0. The Balaban J connectivity index is 2.10. The van der Waals surface area contributed by atoms with E-state index in [0.717, 1.165) is 4.90 Å². The number of nitroso groups, excluding NO2 is 1. The molecule has 3 nitrogen and oxygen atoms in total. The largest absolute Gasteiger partial charge is 0.378 e. The lowest BCUT2D eigenvalue weighted by atomic mass is 10.3. The van der Waals surface area contributed by atoms with Crippen LogP contribution in [0.5, 0.6) is 0 Å². The number of hydrogen-bond donors (Lipinski definition) is 0. The molecule has 0 radical (unpaired) electrons. The predicted molar refractivity (Wildman–Crippen MR) is 76.8 cm³/mol. The maximum atomic E-state index is 10.3. The molecule has 0 amide bonds. The molecule has 2 aromatic carbocycles. The minimum atomic E-state index is 0.460. The molecule has 18 heavy (non-hydrogen) atoms. The molecule has 0 N–H and O–H groups in total. The lowest BCUT2D eigenvalue weighted by Crippen LogP contribution is -2.07. The first-order valence-corrected chi connectivity index (χ1v) is 6.39. The van der Waals surface area contributed by atoms with Crippen molar-refractivity contribution in [3.05, 3.63) is 53.4 Å². The lowest BCUT2D eigenvalue weighted by Gasteiger charge is -2.12. The van der Waals surface area contributed by atoms with Gasteiger partial charge in [0.25, 0.3) is 0 Å². The summed E-state index contributed by atoms with van der Waals surface area (Å²) >= 11 is 1.66. The highest BCUT2D eigenvalue weighted by molar-refractivity contribution is 7.99. The topological polar surface area (TPSA) is 32.7 Å². The van der Waals surface area contributed by atoms with Gasteiger partial charge in [-0.25, -0.2) is 0 Å². The summed E-state index contributed by atoms with van der Waals surface area (Å²) in [6.45, 7) is 0. The van der Waals surface area contributed by atoms with Crippen LogP contribution in [0.15, 0.2) is 63.5 Å². The van der Waals surface area contributed by atoms with Gasteiger partial charge in [0.2, 0.25) is 0 Å². The smallest absolute Gasteiger partial charge is 0.108 e. The van der Waals surface area contributed by atoms with Crippen molar-refractivity contribution >= 4 is 23.1 Å². The van der Waals surface area contributed by atoms with E-state index < -0.39 is 0 Å². The van der Waals surface area contributed by atoms with Crippen LogP contribution in [0.2, 0.25) is 0 Å². The molecule has 0 aliphatic rings. The maximum absolute atomic E-state index is 10.3. The van der Waals surface area contributed by atoms with E-state index in [0.29, 0.717) is 5.69 Å². The Morgan fingerprint density at radius 3 is 1.83 bits per heavy atom. The van der Waals surface area contributed by atoms with Crippen LogP contribution in [-0.2, 0) is 0 Å². The van der Waals surface area contributed by atoms with Crippen molar-refractivity contribution in [2.24, 2.45) is 5.18 Å². The molecule has 0 fully saturated rings. The average molecular weight is 258 g/mol. The van der Waals surface area contributed by atoms with E-state index in [2.05, 4.69) is 34.3 Å². The molecule has 0 atom stereocenters. The standard InChI is InChI=1S/C14H14N2OS/c1-16(2)12-5-9-14(10-6-12)18-13-7-3-11(15-17)4-8-13/h3-10H,1-2H3. The number of rotatable bonds is 4. The highest BCUT2D eigenvalue weighted by Crippen LogP contribution is 2.30. The Hall–Kier alpha value is -1.81. The molecule has 92 valence electrons. The fourth-order valence-electron chi connectivity index (χ4n) is 1.52. The van der Waals surface area contributed by atoms with Crippen molar-refractivity contribution in [2.75, 3.05) is 19.0 Å². The van der Waals surface area contributed by atoms with Crippen molar-refractivity contribution in [1.82, 2.24) is 0 Å². The van der Waals surface area contributed by atoms with Crippen molar-refractivity contribution in [2.45, 2.75) is 9.79 Å². The minimum Gasteiger partial charge on any atom is -0.378 e. The average Bonchev–Trinajstić information content (AvgIpc) is 2.40. The summed E-state index contributed by atoms with van der Waals surface area (Å²) in [5.41, 5.74) is 1.64.